The Hall–Kier alpha value is -2.18. The van der Waals surface area contributed by atoms with Gasteiger partial charge >= 0.3 is 0 Å². The molecule has 1 N–H and O–H groups in total. The van der Waals surface area contributed by atoms with Crippen LogP contribution in [0.15, 0.2) is 45.8 Å². The van der Waals surface area contributed by atoms with Gasteiger partial charge in [-0.3, -0.25) is 0 Å². The van der Waals surface area contributed by atoms with E-state index in [1.54, 1.807) is 29.0 Å². The molecule has 0 atom stereocenters. The van der Waals surface area contributed by atoms with E-state index in [-0.39, 0.29) is 0 Å². The third-order valence-electron chi connectivity index (χ3n) is 3.35. The van der Waals surface area contributed by atoms with Crippen molar-refractivity contribution < 1.29 is 4.42 Å². The molecule has 0 saturated carbocycles. The molecular weight excluding hydrogens is 314 g/mol. The zero-order chi connectivity index (χ0) is 14.9. The number of rotatable bonds is 4. The van der Waals surface area contributed by atoms with Gasteiger partial charge in [-0.15, -0.1) is 22.7 Å². The van der Waals surface area contributed by atoms with Crippen molar-refractivity contribution in [2.75, 3.05) is 11.9 Å². The van der Waals surface area contributed by atoms with Gasteiger partial charge in [0.25, 0.3) is 0 Å². The average Bonchev–Trinajstić information content (AvgIpc) is 3.27. The van der Waals surface area contributed by atoms with Crippen molar-refractivity contribution in [2.24, 2.45) is 0 Å². The van der Waals surface area contributed by atoms with E-state index in [9.17, 15) is 0 Å². The van der Waals surface area contributed by atoms with Gasteiger partial charge in [0.15, 0.2) is 5.76 Å². The minimum atomic E-state index is 0.623. The van der Waals surface area contributed by atoms with E-state index in [4.69, 9.17) is 4.42 Å². The lowest BCUT2D eigenvalue weighted by atomic mass is 10.1. The Kier molecular flexibility index (Phi) is 3.40. The predicted molar refractivity (Wildman–Crippen MR) is 92.6 cm³/mol. The number of hydrogen-bond acceptors (Lipinski definition) is 6. The summed E-state index contributed by atoms with van der Waals surface area (Å²) in [6, 6.07) is 8.25. The molecule has 4 nitrogen and oxygen atoms in total. The minimum absolute atomic E-state index is 0.623. The molecule has 4 rings (SSSR count). The molecule has 0 amide bonds. The second-order valence-corrected chi connectivity index (χ2v) is 6.59. The maximum Gasteiger partial charge on any atom is 0.232 e. The standard InChI is InChI=1S/C16H13N3OS2/c1-2-17-15-13-12(10-5-3-7-21-10)14(11-6-4-8-22-11)20-16(13)19-9-18-15/h3-9H,2H2,1H3,(H,17,18,19). The number of nitrogens with one attached hydrogen (secondary N) is 1. The minimum Gasteiger partial charge on any atom is -0.436 e. The smallest absolute Gasteiger partial charge is 0.232 e. The van der Waals surface area contributed by atoms with E-state index in [1.165, 1.54) is 0 Å². The molecule has 0 bridgehead atoms. The molecular formula is C16H13N3OS2. The predicted octanol–water partition coefficient (Wildman–Crippen LogP) is 5.11. The lowest BCUT2D eigenvalue weighted by Crippen LogP contribution is -2.00. The molecule has 4 aromatic rings. The maximum absolute atomic E-state index is 6.08. The van der Waals surface area contributed by atoms with Crippen molar-refractivity contribution in [1.29, 1.82) is 0 Å². The van der Waals surface area contributed by atoms with Crippen LogP contribution in [0.2, 0.25) is 0 Å². The topological polar surface area (TPSA) is 51.0 Å². The van der Waals surface area contributed by atoms with Crippen molar-refractivity contribution in [2.45, 2.75) is 6.92 Å². The Morgan fingerprint density at radius 2 is 1.86 bits per heavy atom. The number of thiophene rings is 2. The van der Waals surface area contributed by atoms with Gasteiger partial charge in [0.1, 0.15) is 12.1 Å². The summed E-state index contributed by atoms with van der Waals surface area (Å²) in [6.45, 7) is 2.86. The molecule has 4 aromatic heterocycles. The number of furan rings is 1. The summed E-state index contributed by atoms with van der Waals surface area (Å²) in [7, 11) is 0. The normalized spacial score (nSPS) is 11.1. The van der Waals surface area contributed by atoms with Gasteiger partial charge in [0.05, 0.1) is 15.8 Å². The molecule has 0 radical (unpaired) electrons. The zero-order valence-corrected chi connectivity index (χ0v) is 13.5. The van der Waals surface area contributed by atoms with Crippen LogP contribution >= 0.6 is 22.7 Å². The summed E-state index contributed by atoms with van der Waals surface area (Å²) in [4.78, 5) is 11.0. The van der Waals surface area contributed by atoms with E-state index >= 15 is 0 Å². The van der Waals surface area contributed by atoms with Crippen LogP contribution in [0.1, 0.15) is 6.92 Å². The second kappa shape index (κ2) is 5.55. The molecule has 0 unspecified atom stereocenters. The molecule has 22 heavy (non-hydrogen) atoms. The van der Waals surface area contributed by atoms with Gasteiger partial charge in [-0.2, -0.15) is 0 Å². The van der Waals surface area contributed by atoms with E-state index < -0.39 is 0 Å². The third kappa shape index (κ3) is 2.12. The van der Waals surface area contributed by atoms with Crippen LogP contribution in [0.5, 0.6) is 0 Å². The highest BCUT2D eigenvalue weighted by molar-refractivity contribution is 7.14. The molecule has 110 valence electrons. The van der Waals surface area contributed by atoms with Crippen molar-refractivity contribution in [3.63, 3.8) is 0 Å². The molecule has 0 spiro atoms. The highest BCUT2D eigenvalue weighted by Crippen LogP contribution is 2.45. The summed E-state index contributed by atoms with van der Waals surface area (Å²) in [6.07, 6.45) is 1.54. The molecule has 0 aromatic carbocycles. The molecule has 0 aliphatic rings. The highest BCUT2D eigenvalue weighted by Gasteiger charge is 2.22. The van der Waals surface area contributed by atoms with E-state index in [0.29, 0.717) is 5.71 Å². The van der Waals surface area contributed by atoms with Gasteiger partial charge in [0, 0.05) is 11.4 Å². The number of hydrogen-bond donors (Lipinski definition) is 1. The van der Waals surface area contributed by atoms with E-state index in [0.717, 1.165) is 38.8 Å². The Balaban J connectivity index is 2.08. The first kappa shape index (κ1) is 13.5. The quantitative estimate of drug-likeness (QED) is 0.566. The average molecular weight is 327 g/mol. The fourth-order valence-corrected chi connectivity index (χ4v) is 3.96. The molecule has 0 aliphatic heterocycles. The SMILES string of the molecule is CCNc1ncnc2oc(-c3cccs3)c(-c3cccs3)c12. The van der Waals surface area contributed by atoms with Gasteiger partial charge in [-0.25, -0.2) is 9.97 Å². The molecule has 0 aliphatic carbocycles. The second-order valence-electron chi connectivity index (χ2n) is 4.69. The zero-order valence-electron chi connectivity index (χ0n) is 11.9. The third-order valence-corrected chi connectivity index (χ3v) is 5.10. The molecule has 4 heterocycles. The first-order valence-electron chi connectivity index (χ1n) is 6.97. The summed E-state index contributed by atoms with van der Waals surface area (Å²) < 4.78 is 6.08. The van der Waals surface area contributed by atoms with Gasteiger partial charge < -0.3 is 9.73 Å². The van der Waals surface area contributed by atoms with Crippen molar-refractivity contribution in [3.8, 4) is 21.1 Å². The number of anilines is 1. The molecule has 6 heteroatoms. The van der Waals surface area contributed by atoms with Gasteiger partial charge in [-0.1, -0.05) is 12.1 Å². The van der Waals surface area contributed by atoms with Crippen LogP contribution < -0.4 is 5.32 Å². The monoisotopic (exact) mass is 327 g/mol. The van der Waals surface area contributed by atoms with Gasteiger partial charge in [0.2, 0.25) is 5.71 Å². The van der Waals surface area contributed by atoms with Crippen molar-refractivity contribution >= 4 is 39.6 Å². The lowest BCUT2D eigenvalue weighted by molar-refractivity contribution is 0.620. The van der Waals surface area contributed by atoms with Gasteiger partial charge in [-0.05, 0) is 29.8 Å². The fraction of sp³-hybridized carbons (Fsp3) is 0.125. The Morgan fingerprint density at radius 3 is 2.55 bits per heavy atom. The van der Waals surface area contributed by atoms with E-state index in [1.807, 2.05) is 12.1 Å². The first-order valence-corrected chi connectivity index (χ1v) is 8.73. The Morgan fingerprint density at radius 1 is 1.09 bits per heavy atom. The van der Waals surface area contributed by atoms with Crippen LogP contribution in [0.4, 0.5) is 5.82 Å². The van der Waals surface area contributed by atoms with Crippen LogP contribution in [0, 0.1) is 0 Å². The van der Waals surface area contributed by atoms with Crippen molar-refractivity contribution in [3.05, 3.63) is 41.4 Å². The summed E-state index contributed by atoms with van der Waals surface area (Å²) >= 11 is 3.36. The number of nitrogens with zero attached hydrogens (tertiary/aromatic N) is 2. The van der Waals surface area contributed by atoms with Crippen LogP contribution in [-0.4, -0.2) is 16.5 Å². The molecule has 0 fully saturated rings. The Labute approximate surface area is 135 Å². The fourth-order valence-electron chi connectivity index (χ4n) is 2.47. The van der Waals surface area contributed by atoms with Crippen LogP contribution in [0.25, 0.3) is 32.2 Å². The first-order chi connectivity index (χ1) is 10.9. The highest BCUT2D eigenvalue weighted by atomic mass is 32.1. The van der Waals surface area contributed by atoms with Crippen molar-refractivity contribution in [1.82, 2.24) is 9.97 Å². The summed E-state index contributed by atoms with van der Waals surface area (Å²) in [5.74, 6) is 1.69. The summed E-state index contributed by atoms with van der Waals surface area (Å²) in [5, 5.41) is 8.39. The van der Waals surface area contributed by atoms with E-state index in [2.05, 4.69) is 45.1 Å². The van der Waals surface area contributed by atoms with Crippen LogP contribution in [-0.2, 0) is 0 Å². The summed E-state index contributed by atoms with van der Waals surface area (Å²) in [5.41, 5.74) is 1.70. The lowest BCUT2D eigenvalue weighted by Gasteiger charge is -2.04. The molecule has 0 saturated heterocycles. The van der Waals surface area contributed by atoms with Crippen LogP contribution in [0.3, 0.4) is 0 Å². The largest absolute Gasteiger partial charge is 0.436 e. The number of fused-ring (bicyclic) bond motifs is 1. The Bertz CT molecular complexity index is 895. The maximum atomic E-state index is 6.08. The number of aromatic nitrogens is 2.